The van der Waals surface area contributed by atoms with Crippen molar-refractivity contribution in [3.63, 3.8) is 0 Å². The van der Waals surface area contributed by atoms with Crippen LogP contribution in [-0.2, 0) is 4.74 Å². The van der Waals surface area contributed by atoms with E-state index in [0.717, 1.165) is 19.4 Å². The molecule has 0 bridgehead atoms. The molecular weight excluding hydrogens is 304 g/mol. The monoisotopic (exact) mass is 322 g/mol. The summed E-state index contributed by atoms with van der Waals surface area (Å²) in [6.45, 7) is 3.12. The lowest BCUT2D eigenvalue weighted by atomic mass is 10.1. The zero-order valence-corrected chi connectivity index (χ0v) is 13.1. The molecule has 0 aliphatic carbocycles. The van der Waals surface area contributed by atoms with E-state index >= 15 is 0 Å². The van der Waals surface area contributed by atoms with Gasteiger partial charge in [-0.05, 0) is 38.0 Å². The quantitative estimate of drug-likeness (QED) is 0.373. The molecule has 7 nitrogen and oxygen atoms in total. The highest BCUT2D eigenvalue weighted by atomic mass is 32.1. The number of nitrogens with zero attached hydrogens (tertiary/aromatic N) is 2. The van der Waals surface area contributed by atoms with Gasteiger partial charge in [-0.1, -0.05) is 12.1 Å². The molecule has 0 amide bonds. The predicted molar refractivity (Wildman–Crippen MR) is 88.0 cm³/mol. The Balaban J connectivity index is 1.91. The molecule has 1 saturated heterocycles. The highest BCUT2D eigenvalue weighted by molar-refractivity contribution is 7.80. The normalized spacial score (nSPS) is 18.0. The second kappa shape index (κ2) is 7.81. The van der Waals surface area contributed by atoms with E-state index in [0.29, 0.717) is 22.9 Å². The van der Waals surface area contributed by atoms with E-state index in [2.05, 4.69) is 15.8 Å². The SMILES string of the molecule is C/C(=N/NC(=S)NC[C@@H]1CCCO1)c1ccccc1[N+](=O)[O-]. The fraction of sp³-hybridized carbons (Fsp3) is 0.429. The fourth-order valence-electron chi connectivity index (χ4n) is 2.19. The number of nitro benzene ring substituents is 1. The Hall–Kier alpha value is -2.06. The van der Waals surface area contributed by atoms with Crippen molar-refractivity contribution in [3.05, 3.63) is 39.9 Å². The minimum absolute atomic E-state index is 0.0174. The van der Waals surface area contributed by atoms with Crippen LogP contribution < -0.4 is 10.7 Å². The van der Waals surface area contributed by atoms with Gasteiger partial charge < -0.3 is 10.1 Å². The van der Waals surface area contributed by atoms with Gasteiger partial charge in [0.1, 0.15) is 0 Å². The average Bonchev–Trinajstić information content (AvgIpc) is 3.04. The molecule has 0 unspecified atom stereocenters. The van der Waals surface area contributed by atoms with Crippen molar-refractivity contribution < 1.29 is 9.66 Å². The summed E-state index contributed by atoms with van der Waals surface area (Å²) in [6.07, 6.45) is 2.27. The van der Waals surface area contributed by atoms with E-state index in [9.17, 15) is 10.1 Å². The summed E-state index contributed by atoms with van der Waals surface area (Å²) in [4.78, 5) is 10.6. The van der Waals surface area contributed by atoms with Crippen LogP contribution in [-0.4, -0.2) is 35.0 Å². The third-order valence-electron chi connectivity index (χ3n) is 3.33. The highest BCUT2D eigenvalue weighted by Gasteiger charge is 2.16. The number of benzene rings is 1. The summed E-state index contributed by atoms with van der Waals surface area (Å²) in [5.74, 6) is 0. The molecule has 22 heavy (non-hydrogen) atoms. The summed E-state index contributed by atoms with van der Waals surface area (Å²) >= 11 is 5.12. The molecule has 1 aromatic carbocycles. The number of hydrazone groups is 1. The molecule has 0 spiro atoms. The first kappa shape index (κ1) is 16.3. The summed E-state index contributed by atoms with van der Waals surface area (Å²) in [5, 5.41) is 18.5. The van der Waals surface area contributed by atoms with Gasteiger partial charge in [-0.2, -0.15) is 5.10 Å². The molecule has 118 valence electrons. The third-order valence-corrected chi connectivity index (χ3v) is 3.57. The van der Waals surface area contributed by atoms with Crippen LogP contribution in [0.1, 0.15) is 25.3 Å². The summed E-state index contributed by atoms with van der Waals surface area (Å²) in [7, 11) is 0. The van der Waals surface area contributed by atoms with Crippen molar-refractivity contribution >= 4 is 28.7 Å². The number of para-hydroxylation sites is 1. The van der Waals surface area contributed by atoms with Gasteiger partial charge in [-0.3, -0.25) is 15.5 Å². The van der Waals surface area contributed by atoms with Crippen LogP contribution in [0.3, 0.4) is 0 Å². The van der Waals surface area contributed by atoms with E-state index in [1.54, 1.807) is 25.1 Å². The zero-order valence-electron chi connectivity index (χ0n) is 12.2. The number of hydrogen-bond donors (Lipinski definition) is 2. The van der Waals surface area contributed by atoms with Crippen LogP contribution in [0.25, 0.3) is 0 Å². The van der Waals surface area contributed by atoms with Crippen LogP contribution in [0, 0.1) is 10.1 Å². The smallest absolute Gasteiger partial charge is 0.278 e. The van der Waals surface area contributed by atoms with Crippen molar-refractivity contribution in [1.29, 1.82) is 0 Å². The number of nitrogens with one attached hydrogen (secondary N) is 2. The lowest BCUT2D eigenvalue weighted by Gasteiger charge is -2.12. The van der Waals surface area contributed by atoms with Gasteiger partial charge >= 0.3 is 0 Å². The van der Waals surface area contributed by atoms with Crippen molar-refractivity contribution in [3.8, 4) is 0 Å². The van der Waals surface area contributed by atoms with Crippen molar-refractivity contribution in [2.24, 2.45) is 5.10 Å². The Bertz CT molecular complexity index is 585. The van der Waals surface area contributed by atoms with Gasteiger partial charge in [0, 0.05) is 19.2 Å². The largest absolute Gasteiger partial charge is 0.376 e. The number of nitro groups is 1. The molecule has 1 aliphatic heterocycles. The summed E-state index contributed by atoms with van der Waals surface area (Å²) < 4.78 is 5.48. The molecule has 2 rings (SSSR count). The molecule has 8 heteroatoms. The van der Waals surface area contributed by atoms with Crippen LogP contribution in [0.5, 0.6) is 0 Å². The van der Waals surface area contributed by atoms with E-state index in [4.69, 9.17) is 17.0 Å². The minimum atomic E-state index is -0.428. The van der Waals surface area contributed by atoms with Gasteiger partial charge in [-0.25, -0.2) is 0 Å². The Morgan fingerprint density at radius 1 is 1.55 bits per heavy atom. The van der Waals surface area contributed by atoms with E-state index in [1.165, 1.54) is 6.07 Å². The van der Waals surface area contributed by atoms with Crippen molar-refractivity contribution in [2.75, 3.05) is 13.2 Å². The molecule has 0 saturated carbocycles. The molecular formula is C14H18N4O3S. The maximum Gasteiger partial charge on any atom is 0.278 e. The van der Waals surface area contributed by atoms with Gasteiger partial charge in [0.2, 0.25) is 0 Å². The Morgan fingerprint density at radius 2 is 2.32 bits per heavy atom. The van der Waals surface area contributed by atoms with Gasteiger partial charge in [0.15, 0.2) is 5.11 Å². The summed E-state index contributed by atoms with van der Waals surface area (Å²) in [6, 6.07) is 6.45. The van der Waals surface area contributed by atoms with Crippen molar-refractivity contribution in [1.82, 2.24) is 10.7 Å². The van der Waals surface area contributed by atoms with Crippen LogP contribution in [0.2, 0.25) is 0 Å². The number of thiocarbonyl (C=S) groups is 1. The Kier molecular flexibility index (Phi) is 5.79. The first-order valence-corrected chi connectivity index (χ1v) is 7.42. The third kappa shape index (κ3) is 4.47. The first-order chi connectivity index (χ1) is 10.6. The molecule has 1 atom stereocenters. The molecule has 1 aliphatic rings. The van der Waals surface area contributed by atoms with Crippen LogP contribution in [0.15, 0.2) is 29.4 Å². The second-order valence-electron chi connectivity index (χ2n) is 4.93. The fourth-order valence-corrected chi connectivity index (χ4v) is 2.31. The lowest BCUT2D eigenvalue weighted by Crippen LogP contribution is -2.37. The maximum absolute atomic E-state index is 11.0. The molecule has 0 radical (unpaired) electrons. The van der Waals surface area contributed by atoms with E-state index in [1.807, 2.05) is 0 Å². The molecule has 1 fully saturated rings. The van der Waals surface area contributed by atoms with Gasteiger partial charge in [-0.15, -0.1) is 0 Å². The summed E-state index contributed by atoms with van der Waals surface area (Å²) in [5.41, 5.74) is 3.67. The minimum Gasteiger partial charge on any atom is -0.376 e. The molecule has 1 heterocycles. The average molecular weight is 322 g/mol. The Labute approximate surface area is 133 Å². The van der Waals surface area contributed by atoms with Crippen LogP contribution in [0.4, 0.5) is 5.69 Å². The standard InChI is InChI=1S/C14H18N4O3S/c1-10(12-6-2-3-7-13(12)18(19)20)16-17-14(22)15-9-11-5-4-8-21-11/h2-3,6-7,11H,4-5,8-9H2,1H3,(H2,15,17,22)/b16-10-/t11-/m0/s1. The van der Waals surface area contributed by atoms with Crippen molar-refractivity contribution in [2.45, 2.75) is 25.9 Å². The van der Waals surface area contributed by atoms with E-state index < -0.39 is 4.92 Å². The van der Waals surface area contributed by atoms with Gasteiger partial charge in [0.25, 0.3) is 5.69 Å². The second-order valence-corrected chi connectivity index (χ2v) is 5.34. The lowest BCUT2D eigenvalue weighted by molar-refractivity contribution is -0.385. The predicted octanol–water partition coefficient (Wildman–Crippen LogP) is 1.96. The molecule has 2 N–H and O–H groups in total. The molecule has 0 aromatic heterocycles. The highest BCUT2D eigenvalue weighted by Crippen LogP contribution is 2.18. The first-order valence-electron chi connectivity index (χ1n) is 7.01. The zero-order chi connectivity index (χ0) is 15.9. The van der Waals surface area contributed by atoms with Crippen LogP contribution >= 0.6 is 12.2 Å². The maximum atomic E-state index is 11.0. The number of ether oxygens (including phenoxy) is 1. The Morgan fingerprint density at radius 3 is 3.00 bits per heavy atom. The topological polar surface area (TPSA) is 88.8 Å². The number of rotatable bonds is 5. The number of hydrogen-bond acceptors (Lipinski definition) is 5. The molecule has 1 aromatic rings. The van der Waals surface area contributed by atoms with Gasteiger partial charge in [0.05, 0.1) is 22.3 Å². The van der Waals surface area contributed by atoms with E-state index in [-0.39, 0.29) is 11.8 Å².